The number of carbonyl (C=O) groups is 2. The summed E-state index contributed by atoms with van der Waals surface area (Å²) in [5.74, 6) is -0.244. The molecule has 0 radical (unpaired) electrons. The van der Waals surface area contributed by atoms with Crippen molar-refractivity contribution in [2.75, 3.05) is 31.1 Å². The van der Waals surface area contributed by atoms with Gasteiger partial charge >= 0.3 is 12.0 Å². The molecule has 3 aliphatic rings. The number of hydrogen-bond donors (Lipinski definition) is 1. The molecule has 0 bridgehead atoms. The Labute approximate surface area is 176 Å². The summed E-state index contributed by atoms with van der Waals surface area (Å²) in [7, 11) is 0. The molecule has 156 valence electrons. The molecule has 2 fully saturated rings. The van der Waals surface area contributed by atoms with Gasteiger partial charge < -0.3 is 19.9 Å². The number of hydrogen-bond acceptors (Lipinski definition) is 4. The molecule has 1 spiro atoms. The van der Waals surface area contributed by atoms with Crippen LogP contribution in [-0.4, -0.2) is 49.1 Å². The van der Waals surface area contributed by atoms with Crippen molar-refractivity contribution >= 4 is 17.7 Å². The standard InChI is InChI=1S/C24H27N3O3/c28-22-20-10-4-5-11-21(20)24(30-22)12-15-26(16-13-24)23(29)25-18-7-6-14-27(17-18)19-8-2-1-3-9-19/h1-5,8-11,18H,6-7,12-17H2,(H,25,29). The summed E-state index contributed by atoms with van der Waals surface area (Å²) in [4.78, 5) is 29.4. The van der Waals surface area contributed by atoms with E-state index in [2.05, 4.69) is 34.5 Å². The largest absolute Gasteiger partial charge is 0.450 e. The number of anilines is 1. The molecule has 0 saturated carbocycles. The van der Waals surface area contributed by atoms with Crippen LogP contribution < -0.4 is 10.2 Å². The number of piperidine rings is 2. The first-order chi connectivity index (χ1) is 14.6. The summed E-state index contributed by atoms with van der Waals surface area (Å²) >= 11 is 0. The number of fused-ring (bicyclic) bond motifs is 2. The Morgan fingerprint density at radius 3 is 2.53 bits per heavy atom. The third kappa shape index (κ3) is 3.40. The van der Waals surface area contributed by atoms with Gasteiger partial charge in [0.15, 0.2) is 0 Å². The Balaban J connectivity index is 1.19. The predicted octanol–water partition coefficient (Wildman–Crippen LogP) is 3.53. The highest BCUT2D eigenvalue weighted by Gasteiger charge is 2.47. The molecule has 0 aliphatic carbocycles. The monoisotopic (exact) mass is 405 g/mol. The third-order valence-electron chi connectivity index (χ3n) is 6.65. The van der Waals surface area contributed by atoms with Gasteiger partial charge in [-0.25, -0.2) is 9.59 Å². The minimum absolute atomic E-state index is 0.0117. The fourth-order valence-electron chi connectivity index (χ4n) is 5.02. The quantitative estimate of drug-likeness (QED) is 0.777. The molecule has 2 saturated heterocycles. The lowest BCUT2D eigenvalue weighted by molar-refractivity contribution is -0.0370. The number of para-hydroxylation sites is 1. The molecule has 3 aliphatic heterocycles. The van der Waals surface area contributed by atoms with Crippen molar-refractivity contribution in [1.29, 1.82) is 0 Å². The molecular weight excluding hydrogens is 378 g/mol. The summed E-state index contributed by atoms with van der Waals surface area (Å²) in [6.07, 6.45) is 3.35. The van der Waals surface area contributed by atoms with Gasteiger partial charge in [-0.15, -0.1) is 0 Å². The lowest BCUT2D eigenvalue weighted by atomic mass is 9.84. The maximum Gasteiger partial charge on any atom is 0.339 e. The van der Waals surface area contributed by atoms with E-state index in [0.717, 1.165) is 31.5 Å². The Morgan fingerprint density at radius 2 is 1.73 bits per heavy atom. The second-order valence-corrected chi connectivity index (χ2v) is 8.49. The van der Waals surface area contributed by atoms with E-state index in [1.165, 1.54) is 5.69 Å². The van der Waals surface area contributed by atoms with Crippen molar-refractivity contribution in [3.63, 3.8) is 0 Å². The molecule has 1 N–H and O–H groups in total. The molecular formula is C24H27N3O3. The van der Waals surface area contributed by atoms with E-state index in [4.69, 9.17) is 4.74 Å². The molecule has 5 rings (SSSR count). The van der Waals surface area contributed by atoms with Gasteiger partial charge in [0.05, 0.1) is 5.56 Å². The molecule has 6 nitrogen and oxygen atoms in total. The zero-order chi connectivity index (χ0) is 20.6. The molecule has 3 heterocycles. The summed E-state index contributed by atoms with van der Waals surface area (Å²) < 4.78 is 5.80. The van der Waals surface area contributed by atoms with Crippen molar-refractivity contribution in [1.82, 2.24) is 10.2 Å². The zero-order valence-electron chi connectivity index (χ0n) is 17.0. The fourth-order valence-corrected chi connectivity index (χ4v) is 5.02. The van der Waals surface area contributed by atoms with E-state index in [-0.39, 0.29) is 18.0 Å². The number of esters is 1. The van der Waals surface area contributed by atoms with Gasteiger partial charge in [0.2, 0.25) is 0 Å². The molecule has 2 aromatic carbocycles. The van der Waals surface area contributed by atoms with Crippen LogP contribution in [0.5, 0.6) is 0 Å². The van der Waals surface area contributed by atoms with Gasteiger partial charge in [-0.1, -0.05) is 36.4 Å². The Hall–Kier alpha value is -3.02. The lowest BCUT2D eigenvalue weighted by Crippen LogP contribution is -2.54. The SMILES string of the molecule is O=C1OC2(CCN(C(=O)NC3CCCN(c4ccccc4)C3)CC2)c2ccccc21. The molecule has 30 heavy (non-hydrogen) atoms. The normalized spacial score (nSPS) is 22.5. The van der Waals surface area contributed by atoms with Gasteiger partial charge in [-0.3, -0.25) is 0 Å². The van der Waals surface area contributed by atoms with Crippen LogP contribution in [0.1, 0.15) is 41.6 Å². The van der Waals surface area contributed by atoms with E-state index in [1.54, 1.807) is 0 Å². The van der Waals surface area contributed by atoms with E-state index >= 15 is 0 Å². The highest BCUT2D eigenvalue weighted by Crippen LogP contribution is 2.43. The van der Waals surface area contributed by atoms with Crippen LogP contribution in [0, 0.1) is 0 Å². The lowest BCUT2D eigenvalue weighted by Gasteiger charge is -2.40. The van der Waals surface area contributed by atoms with Crippen molar-refractivity contribution in [3.8, 4) is 0 Å². The van der Waals surface area contributed by atoms with Crippen LogP contribution in [0.3, 0.4) is 0 Å². The first-order valence-corrected chi connectivity index (χ1v) is 10.8. The van der Waals surface area contributed by atoms with E-state index in [0.29, 0.717) is 31.5 Å². The first kappa shape index (κ1) is 19.0. The van der Waals surface area contributed by atoms with Gasteiger partial charge in [0, 0.05) is 56.3 Å². The van der Waals surface area contributed by atoms with E-state index in [9.17, 15) is 9.59 Å². The summed E-state index contributed by atoms with van der Waals surface area (Å²) in [6, 6.07) is 18.1. The summed E-state index contributed by atoms with van der Waals surface area (Å²) in [5.41, 5.74) is 2.27. The maximum absolute atomic E-state index is 12.9. The van der Waals surface area contributed by atoms with Crippen LogP contribution >= 0.6 is 0 Å². The molecule has 1 atom stereocenters. The number of benzene rings is 2. The molecule has 1 unspecified atom stereocenters. The summed E-state index contributed by atoms with van der Waals surface area (Å²) in [6.45, 7) is 3.02. The van der Waals surface area contributed by atoms with Gasteiger partial charge in [0.25, 0.3) is 0 Å². The fraction of sp³-hybridized carbons (Fsp3) is 0.417. The Bertz CT molecular complexity index is 938. The minimum Gasteiger partial charge on any atom is -0.450 e. The van der Waals surface area contributed by atoms with Crippen LogP contribution in [0.25, 0.3) is 0 Å². The first-order valence-electron chi connectivity index (χ1n) is 10.8. The molecule has 6 heteroatoms. The number of rotatable bonds is 2. The Morgan fingerprint density at radius 1 is 1.00 bits per heavy atom. The molecule has 2 aromatic rings. The van der Waals surface area contributed by atoms with Gasteiger partial charge in [-0.2, -0.15) is 0 Å². The highest BCUT2D eigenvalue weighted by atomic mass is 16.6. The number of carbonyl (C=O) groups excluding carboxylic acids is 2. The van der Waals surface area contributed by atoms with Crippen molar-refractivity contribution in [3.05, 3.63) is 65.7 Å². The Kier molecular flexibility index (Phi) is 4.85. The smallest absolute Gasteiger partial charge is 0.339 e. The van der Waals surface area contributed by atoms with E-state index in [1.807, 2.05) is 35.2 Å². The average molecular weight is 405 g/mol. The van der Waals surface area contributed by atoms with Crippen LogP contribution in [-0.2, 0) is 10.3 Å². The third-order valence-corrected chi connectivity index (χ3v) is 6.65. The van der Waals surface area contributed by atoms with Crippen molar-refractivity contribution < 1.29 is 14.3 Å². The number of urea groups is 1. The molecule has 2 amide bonds. The van der Waals surface area contributed by atoms with Crippen molar-refractivity contribution in [2.45, 2.75) is 37.3 Å². The predicted molar refractivity (Wildman–Crippen MR) is 115 cm³/mol. The number of nitrogens with zero attached hydrogens (tertiary/aromatic N) is 2. The second kappa shape index (κ2) is 7.67. The summed E-state index contributed by atoms with van der Waals surface area (Å²) in [5, 5.41) is 3.23. The number of likely N-dealkylation sites (tertiary alicyclic amines) is 1. The topological polar surface area (TPSA) is 61.9 Å². The highest BCUT2D eigenvalue weighted by molar-refractivity contribution is 5.94. The van der Waals surface area contributed by atoms with Crippen LogP contribution in [0.2, 0.25) is 0 Å². The maximum atomic E-state index is 12.9. The van der Waals surface area contributed by atoms with Crippen LogP contribution in [0.4, 0.5) is 10.5 Å². The second-order valence-electron chi connectivity index (χ2n) is 8.49. The minimum atomic E-state index is -0.570. The van der Waals surface area contributed by atoms with Gasteiger partial charge in [-0.05, 0) is 31.0 Å². The number of amides is 2. The van der Waals surface area contributed by atoms with Crippen LogP contribution in [0.15, 0.2) is 54.6 Å². The zero-order valence-corrected chi connectivity index (χ0v) is 17.0. The molecule has 0 aromatic heterocycles. The number of ether oxygens (including phenoxy) is 1. The van der Waals surface area contributed by atoms with Crippen molar-refractivity contribution in [2.24, 2.45) is 0 Å². The van der Waals surface area contributed by atoms with E-state index < -0.39 is 5.60 Å². The average Bonchev–Trinajstić information content (AvgIpc) is 3.06. The van der Waals surface area contributed by atoms with Gasteiger partial charge in [0.1, 0.15) is 5.60 Å². The number of nitrogens with one attached hydrogen (secondary N) is 1.